The van der Waals surface area contributed by atoms with Gasteiger partial charge in [0, 0.05) is 22.7 Å². The van der Waals surface area contributed by atoms with Crippen LogP contribution in [0.3, 0.4) is 0 Å². The molecule has 0 bridgehead atoms. The Bertz CT molecular complexity index is 1120. The molecule has 142 valence electrons. The normalized spacial score (nSPS) is 17.9. The van der Waals surface area contributed by atoms with Gasteiger partial charge in [-0.05, 0) is 59.7 Å². The number of hydrogen-bond donors (Lipinski definition) is 1. The highest BCUT2D eigenvalue weighted by molar-refractivity contribution is 6.30. The highest BCUT2D eigenvalue weighted by Crippen LogP contribution is 2.37. The van der Waals surface area contributed by atoms with Gasteiger partial charge in [-0.25, -0.2) is 0 Å². The lowest BCUT2D eigenvalue weighted by molar-refractivity contribution is -0.384. The number of nitriles is 1. The number of non-ortho nitro benzene ring substituents is 1. The van der Waals surface area contributed by atoms with Crippen LogP contribution in [-0.4, -0.2) is 10.8 Å². The van der Waals surface area contributed by atoms with E-state index in [9.17, 15) is 10.1 Å². The Balaban J connectivity index is 1.73. The third kappa shape index (κ3) is 3.82. The number of aliphatic imine (C=N–C) groups is 1. The maximum atomic E-state index is 11.0. The van der Waals surface area contributed by atoms with E-state index in [0.717, 1.165) is 22.5 Å². The first kappa shape index (κ1) is 18.7. The molecule has 0 fully saturated rings. The Morgan fingerprint density at radius 3 is 2.17 bits per heavy atom. The van der Waals surface area contributed by atoms with Crippen LogP contribution in [0.15, 0.2) is 77.8 Å². The van der Waals surface area contributed by atoms with E-state index in [0.29, 0.717) is 10.6 Å². The minimum absolute atomic E-state index is 0.0385. The van der Waals surface area contributed by atoms with Gasteiger partial charge in [0.05, 0.1) is 22.6 Å². The summed E-state index contributed by atoms with van der Waals surface area (Å²) in [6, 6.07) is 22.8. The third-order valence-electron chi connectivity index (χ3n) is 4.84. The molecule has 2 atom stereocenters. The summed E-state index contributed by atoms with van der Waals surface area (Å²) in [6.45, 7) is 0. The molecule has 7 heteroatoms. The summed E-state index contributed by atoms with van der Waals surface area (Å²) in [4.78, 5) is 15.4. The average Bonchev–Trinajstić information content (AvgIpc) is 3.20. The van der Waals surface area contributed by atoms with E-state index in [1.807, 2.05) is 24.3 Å². The minimum atomic E-state index is -0.419. The fraction of sp³-hybridized carbons (Fsp3) is 0.0909. The molecule has 0 radical (unpaired) electrons. The third-order valence-corrected chi connectivity index (χ3v) is 5.09. The number of nitro groups is 1. The van der Waals surface area contributed by atoms with Crippen LogP contribution in [0.4, 0.5) is 5.69 Å². The predicted molar refractivity (Wildman–Crippen MR) is 111 cm³/mol. The van der Waals surface area contributed by atoms with E-state index in [4.69, 9.17) is 21.9 Å². The standard InChI is InChI=1S/C22H15ClN4O2/c23-18-9-5-17(6-10-18)22-25-20(15-3-1-14(13-24)2-4-15)21(26-22)16-7-11-19(12-8-16)27(28)29/h1-12,20-21H,(H,25,26). The number of halogens is 1. The molecule has 0 spiro atoms. The maximum absolute atomic E-state index is 11.0. The molecule has 0 saturated heterocycles. The fourth-order valence-electron chi connectivity index (χ4n) is 3.33. The van der Waals surface area contributed by atoms with Crippen molar-refractivity contribution in [3.63, 3.8) is 0 Å². The molecule has 1 aliphatic rings. The van der Waals surface area contributed by atoms with Gasteiger partial charge in [-0.3, -0.25) is 15.1 Å². The molecule has 29 heavy (non-hydrogen) atoms. The van der Waals surface area contributed by atoms with Crippen molar-refractivity contribution in [3.05, 3.63) is 110 Å². The number of amidine groups is 1. The molecule has 3 aromatic carbocycles. The number of hydrogen-bond acceptors (Lipinski definition) is 5. The van der Waals surface area contributed by atoms with E-state index in [-0.39, 0.29) is 17.8 Å². The lowest BCUT2D eigenvalue weighted by Gasteiger charge is -2.19. The minimum Gasteiger partial charge on any atom is -0.361 e. The first-order valence-corrected chi connectivity index (χ1v) is 9.27. The van der Waals surface area contributed by atoms with Crippen LogP contribution >= 0.6 is 11.6 Å². The van der Waals surface area contributed by atoms with E-state index in [1.54, 1.807) is 36.4 Å². The van der Waals surface area contributed by atoms with Crippen molar-refractivity contribution >= 4 is 23.1 Å². The second-order valence-electron chi connectivity index (χ2n) is 6.63. The maximum Gasteiger partial charge on any atom is 0.269 e. The molecule has 2 unspecified atom stereocenters. The summed E-state index contributed by atoms with van der Waals surface area (Å²) in [7, 11) is 0. The second kappa shape index (κ2) is 7.74. The molecule has 1 aliphatic heterocycles. The smallest absolute Gasteiger partial charge is 0.269 e. The highest BCUT2D eigenvalue weighted by Gasteiger charge is 2.32. The van der Waals surface area contributed by atoms with Crippen LogP contribution in [0.25, 0.3) is 0 Å². The first-order valence-electron chi connectivity index (χ1n) is 8.90. The Hall–Kier alpha value is -3.69. The Morgan fingerprint density at radius 1 is 0.966 bits per heavy atom. The Morgan fingerprint density at radius 2 is 1.59 bits per heavy atom. The van der Waals surface area contributed by atoms with E-state index in [2.05, 4.69) is 11.4 Å². The van der Waals surface area contributed by atoms with Crippen LogP contribution in [0.2, 0.25) is 5.02 Å². The zero-order chi connectivity index (χ0) is 20.4. The first-order chi connectivity index (χ1) is 14.0. The molecule has 0 aromatic heterocycles. The van der Waals surface area contributed by atoms with Gasteiger partial charge in [0.2, 0.25) is 0 Å². The van der Waals surface area contributed by atoms with Crippen molar-refractivity contribution in [2.45, 2.75) is 12.1 Å². The molecule has 0 aliphatic carbocycles. The van der Waals surface area contributed by atoms with Gasteiger partial charge in [0.25, 0.3) is 5.69 Å². The van der Waals surface area contributed by atoms with Crippen molar-refractivity contribution in [1.82, 2.24) is 5.32 Å². The number of nitro benzene ring substituents is 1. The van der Waals surface area contributed by atoms with Gasteiger partial charge in [0.1, 0.15) is 11.9 Å². The molecule has 6 nitrogen and oxygen atoms in total. The van der Waals surface area contributed by atoms with Gasteiger partial charge in [0.15, 0.2) is 0 Å². The van der Waals surface area contributed by atoms with Crippen molar-refractivity contribution in [2.75, 3.05) is 0 Å². The van der Waals surface area contributed by atoms with Crippen molar-refractivity contribution in [3.8, 4) is 6.07 Å². The van der Waals surface area contributed by atoms with Crippen LogP contribution in [0.1, 0.15) is 34.3 Å². The average molecular weight is 403 g/mol. The number of nitrogens with zero attached hydrogens (tertiary/aromatic N) is 3. The van der Waals surface area contributed by atoms with E-state index >= 15 is 0 Å². The van der Waals surface area contributed by atoms with Gasteiger partial charge >= 0.3 is 0 Å². The lowest BCUT2D eigenvalue weighted by Crippen LogP contribution is -2.25. The molecular formula is C22H15ClN4O2. The van der Waals surface area contributed by atoms with Crippen LogP contribution in [0, 0.1) is 21.4 Å². The SMILES string of the molecule is N#Cc1ccc(C2NC(c3ccc(Cl)cc3)=NC2c2ccc([N+](=O)[O-])cc2)cc1. The van der Waals surface area contributed by atoms with Crippen LogP contribution in [-0.2, 0) is 0 Å². The van der Waals surface area contributed by atoms with E-state index < -0.39 is 4.92 Å². The van der Waals surface area contributed by atoms with Crippen LogP contribution in [0.5, 0.6) is 0 Å². The topological polar surface area (TPSA) is 91.3 Å². The predicted octanol–water partition coefficient (Wildman–Crippen LogP) is 4.95. The van der Waals surface area contributed by atoms with Crippen LogP contribution < -0.4 is 5.32 Å². The van der Waals surface area contributed by atoms with Gasteiger partial charge in [-0.2, -0.15) is 5.26 Å². The highest BCUT2D eigenvalue weighted by atomic mass is 35.5. The molecule has 0 saturated carbocycles. The summed E-state index contributed by atoms with van der Waals surface area (Å²) < 4.78 is 0. The number of rotatable bonds is 4. The summed E-state index contributed by atoms with van der Waals surface area (Å²) in [5.74, 6) is 0.722. The van der Waals surface area contributed by atoms with Crippen molar-refractivity contribution in [1.29, 1.82) is 5.26 Å². The molecular weight excluding hydrogens is 388 g/mol. The fourth-order valence-corrected chi connectivity index (χ4v) is 3.46. The summed E-state index contributed by atoms with van der Waals surface area (Å²) >= 11 is 5.99. The monoisotopic (exact) mass is 402 g/mol. The van der Waals surface area contributed by atoms with Crippen molar-refractivity contribution in [2.24, 2.45) is 4.99 Å². The number of benzene rings is 3. The lowest BCUT2D eigenvalue weighted by atomic mass is 9.94. The molecule has 0 amide bonds. The molecule has 1 N–H and O–H groups in total. The van der Waals surface area contributed by atoms with Gasteiger partial charge < -0.3 is 5.32 Å². The quantitative estimate of drug-likeness (QED) is 0.493. The largest absolute Gasteiger partial charge is 0.361 e. The van der Waals surface area contributed by atoms with Crippen molar-refractivity contribution < 1.29 is 4.92 Å². The summed E-state index contributed by atoms with van der Waals surface area (Å²) in [6.07, 6.45) is 0. The molecule has 3 aromatic rings. The summed E-state index contributed by atoms with van der Waals surface area (Å²) in [5, 5.41) is 24.1. The second-order valence-corrected chi connectivity index (χ2v) is 7.07. The number of nitrogens with one attached hydrogen (secondary N) is 1. The Labute approximate surface area is 172 Å². The molecule has 4 rings (SSSR count). The van der Waals surface area contributed by atoms with Gasteiger partial charge in [-0.15, -0.1) is 0 Å². The zero-order valence-electron chi connectivity index (χ0n) is 15.1. The van der Waals surface area contributed by atoms with E-state index in [1.165, 1.54) is 12.1 Å². The molecule has 1 heterocycles. The summed E-state index contributed by atoms with van der Waals surface area (Å²) in [5.41, 5.74) is 3.35. The Kier molecular flexibility index (Phi) is 4.98. The zero-order valence-corrected chi connectivity index (χ0v) is 15.9. The van der Waals surface area contributed by atoms with Gasteiger partial charge in [-0.1, -0.05) is 23.7 Å².